The Hall–Kier alpha value is -2.33. The Kier molecular flexibility index (Phi) is 5.55. The second-order valence-electron chi connectivity index (χ2n) is 4.99. The third-order valence-electron chi connectivity index (χ3n) is 3.17. The van der Waals surface area contributed by atoms with Crippen molar-refractivity contribution in [1.29, 1.82) is 0 Å². The fourth-order valence-corrected chi connectivity index (χ4v) is 1.97. The van der Waals surface area contributed by atoms with E-state index in [1.165, 1.54) is 0 Å². The summed E-state index contributed by atoms with van der Waals surface area (Å²) in [7, 11) is 0. The lowest BCUT2D eigenvalue weighted by Gasteiger charge is -2.13. The molecule has 0 unspecified atom stereocenters. The largest absolute Gasteiger partial charge is 0.343 e. The Balaban J connectivity index is 1.94. The number of halogens is 1. The van der Waals surface area contributed by atoms with E-state index in [0.29, 0.717) is 0 Å². The molecular formula is C17H18ClN3O. The van der Waals surface area contributed by atoms with Gasteiger partial charge in [0.25, 0.3) is 5.91 Å². The molecular weight excluding hydrogens is 298 g/mol. The topological polar surface area (TPSA) is 53.5 Å². The van der Waals surface area contributed by atoms with Crippen LogP contribution >= 0.6 is 11.6 Å². The van der Waals surface area contributed by atoms with Crippen LogP contribution < -0.4 is 10.7 Å². The van der Waals surface area contributed by atoms with Crippen molar-refractivity contribution in [3.8, 4) is 0 Å². The number of carbonyl (C=O) groups excluding carboxylic acids is 1. The molecule has 2 N–H and O–H groups in total. The molecule has 4 nitrogen and oxygen atoms in total. The molecule has 0 heterocycles. The molecule has 0 aliphatic carbocycles. The van der Waals surface area contributed by atoms with E-state index in [0.717, 1.165) is 16.8 Å². The van der Waals surface area contributed by atoms with Gasteiger partial charge in [0.1, 0.15) is 0 Å². The van der Waals surface area contributed by atoms with Gasteiger partial charge in [-0.3, -0.25) is 10.2 Å². The van der Waals surface area contributed by atoms with Gasteiger partial charge in [0.15, 0.2) is 0 Å². The van der Waals surface area contributed by atoms with Crippen molar-refractivity contribution in [3.05, 3.63) is 65.7 Å². The number of hydrazone groups is 1. The van der Waals surface area contributed by atoms with Gasteiger partial charge < -0.3 is 5.32 Å². The lowest BCUT2D eigenvalue weighted by Crippen LogP contribution is -2.31. The predicted molar refractivity (Wildman–Crippen MR) is 91.1 cm³/mol. The summed E-state index contributed by atoms with van der Waals surface area (Å²) in [6.07, 6.45) is 0. The molecule has 1 atom stereocenters. The van der Waals surface area contributed by atoms with Crippen molar-refractivity contribution in [2.75, 3.05) is 5.43 Å². The fraction of sp³-hybridized carbons (Fsp3) is 0.176. The lowest BCUT2D eigenvalue weighted by atomic mass is 10.1. The van der Waals surface area contributed by atoms with E-state index in [-0.39, 0.29) is 11.2 Å². The van der Waals surface area contributed by atoms with Gasteiger partial charge in [-0.25, -0.2) is 0 Å². The van der Waals surface area contributed by atoms with Crippen LogP contribution in [-0.2, 0) is 4.79 Å². The van der Waals surface area contributed by atoms with E-state index in [1.54, 1.807) is 0 Å². The molecule has 2 rings (SSSR count). The van der Waals surface area contributed by atoms with Crippen LogP contribution in [0, 0.1) is 6.92 Å². The van der Waals surface area contributed by atoms with Gasteiger partial charge in [0.05, 0.1) is 11.7 Å². The first kappa shape index (κ1) is 16.0. The van der Waals surface area contributed by atoms with E-state index in [9.17, 15) is 4.79 Å². The number of carbonyl (C=O) groups is 1. The van der Waals surface area contributed by atoms with Crippen molar-refractivity contribution >= 4 is 28.4 Å². The van der Waals surface area contributed by atoms with Crippen LogP contribution in [0.1, 0.15) is 24.1 Å². The third-order valence-corrected chi connectivity index (χ3v) is 3.43. The highest BCUT2D eigenvalue weighted by molar-refractivity contribution is 6.82. The van der Waals surface area contributed by atoms with Gasteiger partial charge in [0.2, 0.25) is 5.17 Å². The Morgan fingerprint density at radius 2 is 1.73 bits per heavy atom. The van der Waals surface area contributed by atoms with Crippen LogP contribution in [0.25, 0.3) is 0 Å². The van der Waals surface area contributed by atoms with E-state index >= 15 is 0 Å². The van der Waals surface area contributed by atoms with Crippen LogP contribution in [0.3, 0.4) is 0 Å². The summed E-state index contributed by atoms with van der Waals surface area (Å²) in [5.41, 5.74) is 5.69. The van der Waals surface area contributed by atoms with Crippen LogP contribution in [0.15, 0.2) is 59.7 Å². The molecule has 5 heteroatoms. The monoisotopic (exact) mass is 315 g/mol. The Morgan fingerprint density at radius 1 is 1.09 bits per heavy atom. The minimum absolute atomic E-state index is 0.136. The summed E-state index contributed by atoms with van der Waals surface area (Å²) in [6, 6.07) is 17.2. The van der Waals surface area contributed by atoms with Crippen molar-refractivity contribution in [1.82, 2.24) is 5.32 Å². The molecule has 0 spiro atoms. The number of hydrogen-bond donors (Lipinski definition) is 2. The van der Waals surface area contributed by atoms with Crippen LogP contribution in [0.4, 0.5) is 5.69 Å². The first-order valence-corrected chi connectivity index (χ1v) is 7.36. The molecule has 0 aromatic heterocycles. The fourth-order valence-electron chi connectivity index (χ4n) is 1.87. The average molecular weight is 316 g/mol. The van der Waals surface area contributed by atoms with E-state index < -0.39 is 5.91 Å². The van der Waals surface area contributed by atoms with Gasteiger partial charge in [-0.05, 0) is 31.5 Å². The summed E-state index contributed by atoms with van der Waals surface area (Å²) in [6.45, 7) is 3.89. The number of aryl methyl sites for hydroxylation is 1. The van der Waals surface area contributed by atoms with Gasteiger partial charge >= 0.3 is 0 Å². The molecule has 0 aliphatic heterocycles. The minimum atomic E-state index is -0.419. The predicted octanol–water partition coefficient (Wildman–Crippen LogP) is 3.84. The average Bonchev–Trinajstić information content (AvgIpc) is 2.54. The molecule has 0 fully saturated rings. The zero-order valence-electron chi connectivity index (χ0n) is 12.5. The standard InChI is InChI=1S/C17H18ClN3O/c1-12-8-10-15(11-9-12)20-21-16(18)17(22)19-13(2)14-6-4-3-5-7-14/h3-11,13,20H,1-2H3,(H,19,22)/b21-16+/t13-/m0/s1. The Morgan fingerprint density at radius 3 is 2.36 bits per heavy atom. The molecule has 1 amide bonds. The van der Waals surface area contributed by atoms with E-state index in [4.69, 9.17) is 11.6 Å². The SMILES string of the molecule is Cc1ccc(N/N=C(/Cl)C(=O)N[C@@H](C)c2ccccc2)cc1. The summed E-state index contributed by atoms with van der Waals surface area (Å²) in [5, 5.41) is 6.55. The van der Waals surface area contributed by atoms with Crippen molar-refractivity contribution < 1.29 is 4.79 Å². The molecule has 22 heavy (non-hydrogen) atoms. The molecule has 0 bridgehead atoms. The molecule has 0 saturated carbocycles. The maximum Gasteiger partial charge on any atom is 0.283 e. The van der Waals surface area contributed by atoms with Crippen LogP contribution in [-0.4, -0.2) is 11.1 Å². The molecule has 114 valence electrons. The summed E-state index contributed by atoms with van der Waals surface area (Å²) in [5.74, 6) is -0.419. The maximum atomic E-state index is 12.0. The van der Waals surface area contributed by atoms with Crippen molar-refractivity contribution in [2.45, 2.75) is 19.9 Å². The number of nitrogens with one attached hydrogen (secondary N) is 2. The first-order chi connectivity index (χ1) is 10.6. The van der Waals surface area contributed by atoms with Gasteiger partial charge in [0, 0.05) is 0 Å². The van der Waals surface area contributed by atoms with Crippen LogP contribution in [0.5, 0.6) is 0 Å². The second kappa shape index (κ2) is 7.61. The number of amides is 1. The number of benzene rings is 2. The smallest absolute Gasteiger partial charge is 0.283 e. The Labute approximate surface area is 135 Å². The first-order valence-electron chi connectivity index (χ1n) is 6.98. The van der Waals surface area contributed by atoms with Crippen molar-refractivity contribution in [3.63, 3.8) is 0 Å². The molecule has 2 aromatic carbocycles. The lowest BCUT2D eigenvalue weighted by molar-refractivity contribution is -0.115. The van der Waals surface area contributed by atoms with Crippen molar-refractivity contribution in [2.24, 2.45) is 5.10 Å². The highest BCUT2D eigenvalue weighted by Crippen LogP contribution is 2.12. The van der Waals surface area contributed by atoms with Crippen LogP contribution in [0.2, 0.25) is 0 Å². The molecule has 0 aliphatic rings. The highest BCUT2D eigenvalue weighted by atomic mass is 35.5. The number of hydrogen-bond acceptors (Lipinski definition) is 3. The summed E-state index contributed by atoms with van der Waals surface area (Å²) < 4.78 is 0. The van der Waals surface area contributed by atoms with Gasteiger partial charge in [-0.2, -0.15) is 5.10 Å². The second-order valence-corrected chi connectivity index (χ2v) is 5.34. The summed E-state index contributed by atoms with van der Waals surface area (Å²) in [4.78, 5) is 12.0. The highest BCUT2D eigenvalue weighted by Gasteiger charge is 2.13. The minimum Gasteiger partial charge on any atom is -0.343 e. The van der Waals surface area contributed by atoms with Gasteiger partial charge in [-0.1, -0.05) is 59.6 Å². The number of anilines is 1. The molecule has 0 saturated heterocycles. The quantitative estimate of drug-likeness (QED) is 0.650. The number of nitrogens with zero attached hydrogens (tertiary/aromatic N) is 1. The maximum absolute atomic E-state index is 12.0. The Bertz CT molecular complexity index is 653. The summed E-state index contributed by atoms with van der Waals surface area (Å²) >= 11 is 5.92. The zero-order valence-corrected chi connectivity index (χ0v) is 13.3. The van der Waals surface area contributed by atoms with E-state index in [2.05, 4.69) is 15.8 Å². The zero-order chi connectivity index (χ0) is 15.9. The molecule has 0 radical (unpaired) electrons. The normalized spacial score (nSPS) is 12.6. The number of rotatable bonds is 5. The third kappa shape index (κ3) is 4.60. The van der Waals surface area contributed by atoms with E-state index in [1.807, 2.05) is 68.4 Å². The van der Waals surface area contributed by atoms with Gasteiger partial charge in [-0.15, -0.1) is 0 Å². The molecule has 2 aromatic rings.